The van der Waals surface area contributed by atoms with Crippen LogP contribution in [0.4, 0.5) is 11.6 Å². The van der Waals surface area contributed by atoms with Crippen LogP contribution in [0, 0.1) is 5.92 Å². The summed E-state index contributed by atoms with van der Waals surface area (Å²) in [7, 11) is 7.13. The molecule has 51 heavy (non-hydrogen) atoms. The van der Waals surface area contributed by atoms with Crippen LogP contribution in [0.2, 0.25) is 0 Å². The Hall–Kier alpha value is -4.87. The number of piperidine rings is 1. The molecular formula is C40H50N8O3. The number of benzene rings is 2. The van der Waals surface area contributed by atoms with Crippen molar-refractivity contribution >= 4 is 29.3 Å². The molecule has 1 saturated heterocycles. The number of likely N-dealkylation sites (tertiary alicyclic amines) is 1. The molecule has 1 unspecified atom stereocenters. The van der Waals surface area contributed by atoms with Crippen LogP contribution in [-0.4, -0.2) is 90.3 Å². The minimum atomic E-state index is -0.105. The summed E-state index contributed by atoms with van der Waals surface area (Å²) in [6.07, 6.45) is 10.7. The number of carbonyl (C=O) groups excluding carboxylic acids is 1. The van der Waals surface area contributed by atoms with E-state index in [4.69, 9.17) is 19.6 Å². The molecule has 1 aliphatic carbocycles. The van der Waals surface area contributed by atoms with Gasteiger partial charge in [-0.15, -0.1) is 0 Å². The van der Waals surface area contributed by atoms with Gasteiger partial charge in [-0.2, -0.15) is 5.10 Å². The van der Waals surface area contributed by atoms with Gasteiger partial charge in [0.1, 0.15) is 5.75 Å². The smallest absolute Gasteiger partial charge is 0.251 e. The highest BCUT2D eigenvalue weighted by Crippen LogP contribution is 2.40. The van der Waals surface area contributed by atoms with Gasteiger partial charge in [0.2, 0.25) is 5.95 Å². The van der Waals surface area contributed by atoms with Crippen LogP contribution in [0.3, 0.4) is 0 Å². The lowest BCUT2D eigenvalue weighted by atomic mass is 9.91. The number of nitrogens with one attached hydrogen (secondary N) is 2. The number of hydrogen-bond acceptors (Lipinski definition) is 9. The molecule has 2 N–H and O–H groups in total. The second-order valence-corrected chi connectivity index (χ2v) is 13.5. The summed E-state index contributed by atoms with van der Waals surface area (Å²) < 4.78 is 12.9. The Bertz CT molecular complexity index is 1890. The van der Waals surface area contributed by atoms with E-state index in [1.165, 1.54) is 0 Å². The number of fused-ring (bicyclic) bond motifs is 3. The first-order valence-corrected chi connectivity index (χ1v) is 18.0. The molecule has 6 rings (SSSR count). The number of methoxy groups -OCH3 is 2. The van der Waals surface area contributed by atoms with Crippen molar-refractivity contribution in [3.8, 4) is 28.3 Å². The van der Waals surface area contributed by atoms with Crippen molar-refractivity contribution in [3.63, 3.8) is 0 Å². The summed E-state index contributed by atoms with van der Waals surface area (Å²) in [6.45, 7) is 7.96. The first-order valence-electron chi connectivity index (χ1n) is 18.0. The predicted molar refractivity (Wildman–Crippen MR) is 204 cm³/mol. The Kier molecular flexibility index (Phi) is 11.6. The summed E-state index contributed by atoms with van der Waals surface area (Å²) in [6, 6.07) is 14.2. The SMILES string of the molecule is CCC(C)/C=C(\C=NC)c1ccc(-c2c3c(nn2C)CCc2cnc(Nc4ccc(C(=O)NC5CCN(CCOC)CC5)cc4OC)nc2-3)cc1. The van der Waals surface area contributed by atoms with Gasteiger partial charge in [0.05, 0.1) is 36.5 Å². The Morgan fingerprint density at radius 1 is 1.10 bits per heavy atom. The van der Waals surface area contributed by atoms with Gasteiger partial charge in [-0.3, -0.25) is 14.5 Å². The molecule has 2 aliphatic rings. The molecule has 0 bridgehead atoms. The summed E-state index contributed by atoms with van der Waals surface area (Å²) in [5, 5.41) is 11.5. The van der Waals surface area contributed by atoms with Crippen molar-refractivity contribution in [2.75, 3.05) is 52.8 Å². The van der Waals surface area contributed by atoms with Crippen molar-refractivity contribution in [1.82, 2.24) is 30.0 Å². The Labute approximate surface area is 301 Å². The maximum atomic E-state index is 13.2. The fourth-order valence-electron chi connectivity index (χ4n) is 6.90. The van der Waals surface area contributed by atoms with E-state index in [1.54, 1.807) is 20.3 Å². The average Bonchev–Trinajstić information content (AvgIpc) is 3.50. The highest BCUT2D eigenvalue weighted by Gasteiger charge is 2.28. The van der Waals surface area contributed by atoms with Crippen molar-refractivity contribution in [3.05, 3.63) is 77.1 Å². The molecule has 1 amide bonds. The lowest BCUT2D eigenvalue weighted by Crippen LogP contribution is -2.45. The average molecular weight is 691 g/mol. The number of hydrogen-bond donors (Lipinski definition) is 2. The van der Waals surface area contributed by atoms with Gasteiger partial charge in [0, 0.05) is 76.0 Å². The van der Waals surface area contributed by atoms with E-state index in [0.717, 1.165) is 103 Å². The molecule has 0 radical (unpaired) electrons. The third-order valence-corrected chi connectivity index (χ3v) is 9.96. The van der Waals surface area contributed by atoms with Crippen molar-refractivity contribution in [2.24, 2.45) is 18.0 Å². The van der Waals surface area contributed by atoms with Crippen LogP contribution in [0.25, 0.3) is 28.1 Å². The van der Waals surface area contributed by atoms with Gasteiger partial charge in [0.15, 0.2) is 0 Å². The quantitative estimate of drug-likeness (QED) is 0.156. The first-order chi connectivity index (χ1) is 24.8. The highest BCUT2D eigenvalue weighted by atomic mass is 16.5. The zero-order chi connectivity index (χ0) is 35.9. The lowest BCUT2D eigenvalue weighted by Gasteiger charge is -2.32. The molecule has 1 fully saturated rings. The maximum Gasteiger partial charge on any atom is 0.251 e. The second kappa shape index (κ2) is 16.4. The highest BCUT2D eigenvalue weighted by molar-refractivity contribution is 6.10. The number of allylic oxidation sites excluding steroid dienone is 2. The van der Waals surface area contributed by atoms with E-state index in [1.807, 2.05) is 43.3 Å². The number of aromatic nitrogens is 4. The summed E-state index contributed by atoms with van der Waals surface area (Å²) in [5.41, 5.74) is 9.58. The number of ether oxygens (including phenoxy) is 2. The number of nitrogens with zero attached hydrogens (tertiary/aromatic N) is 6. The summed E-state index contributed by atoms with van der Waals surface area (Å²) >= 11 is 0. The van der Waals surface area contributed by atoms with Crippen LogP contribution in [0.5, 0.6) is 5.75 Å². The van der Waals surface area contributed by atoms with E-state index < -0.39 is 0 Å². The first kappa shape index (κ1) is 35.9. The van der Waals surface area contributed by atoms with E-state index in [9.17, 15) is 4.79 Å². The van der Waals surface area contributed by atoms with Gasteiger partial charge in [-0.05, 0) is 66.5 Å². The monoisotopic (exact) mass is 690 g/mol. The van der Waals surface area contributed by atoms with Crippen LogP contribution < -0.4 is 15.4 Å². The number of amides is 1. The van der Waals surface area contributed by atoms with E-state index in [2.05, 4.69) is 69.7 Å². The topological polar surface area (TPSA) is 119 Å². The number of anilines is 2. The second-order valence-electron chi connectivity index (χ2n) is 13.5. The van der Waals surface area contributed by atoms with E-state index in [-0.39, 0.29) is 11.9 Å². The maximum absolute atomic E-state index is 13.2. The van der Waals surface area contributed by atoms with Crippen molar-refractivity contribution in [2.45, 2.75) is 52.0 Å². The predicted octanol–water partition coefficient (Wildman–Crippen LogP) is 6.37. The van der Waals surface area contributed by atoms with E-state index in [0.29, 0.717) is 28.9 Å². The number of aliphatic imine (C=N–C) groups is 1. The van der Waals surface area contributed by atoms with E-state index >= 15 is 0 Å². The van der Waals surface area contributed by atoms with Crippen molar-refractivity contribution < 1.29 is 14.3 Å². The molecule has 3 heterocycles. The molecule has 2 aromatic carbocycles. The standard InChI is InChI=1S/C40H50N8O3/c1-7-26(2)22-31(24-41-3)27-8-10-28(11-9-27)38-36-34(46-47(38)4)15-13-30-25-42-40(45-37(30)36)44-33-14-12-29(23-35(33)51-6)39(49)43-32-16-18-48(19-17-32)20-21-50-5/h8-12,14,22-26,32H,7,13,15-21H2,1-6H3,(H,43,49)(H,42,44,45)/b31-22+,41-24?. The lowest BCUT2D eigenvalue weighted by molar-refractivity contribution is 0.0892. The molecule has 11 nitrogen and oxygen atoms in total. The van der Waals surface area contributed by atoms with Gasteiger partial charge in [0.25, 0.3) is 5.91 Å². The Balaban J connectivity index is 1.21. The molecule has 11 heteroatoms. The molecular weight excluding hydrogens is 640 g/mol. The summed E-state index contributed by atoms with van der Waals surface area (Å²) in [5.74, 6) is 1.34. The molecule has 1 atom stereocenters. The Morgan fingerprint density at radius 3 is 2.57 bits per heavy atom. The van der Waals surface area contributed by atoms with Crippen LogP contribution >= 0.6 is 0 Å². The van der Waals surface area contributed by atoms with Crippen molar-refractivity contribution in [1.29, 1.82) is 0 Å². The minimum Gasteiger partial charge on any atom is -0.495 e. The number of rotatable bonds is 13. The number of carbonyl (C=O) groups is 1. The fourth-order valence-corrected chi connectivity index (χ4v) is 6.90. The summed E-state index contributed by atoms with van der Waals surface area (Å²) in [4.78, 5) is 29.6. The zero-order valence-electron chi connectivity index (χ0n) is 30.7. The van der Waals surface area contributed by atoms with Gasteiger partial charge >= 0.3 is 0 Å². The third kappa shape index (κ3) is 8.21. The van der Waals surface area contributed by atoms with Gasteiger partial charge < -0.3 is 25.0 Å². The minimum absolute atomic E-state index is 0.105. The fraction of sp³-hybridized carbons (Fsp3) is 0.425. The molecule has 0 saturated carbocycles. The molecule has 268 valence electrons. The number of aryl methyl sites for hydroxylation is 3. The van der Waals surface area contributed by atoms with Crippen LogP contribution in [-0.2, 0) is 24.6 Å². The van der Waals surface area contributed by atoms with Crippen LogP contribution in [0.1, 0.15) is 60.3 Å². The zero-order valence-corrected chi connectivity index (χ0v) is 30.7. The third-order valence-electron chi connectivity index (χ3n) is 9.96. The van der Waals surface area contributed by atoms with Gasteiger partial charge in [-0.1, -0.05) is 50.6 Å². The van der Waals surface area contributed by atoms with Gasteiger partial charge in [-0.25, -0.2) is 9.97 Å². The largest absolute Gasteiger partial charge is 0.495 e. The molecule has 4 aromatic rings. The van der Waals surface area contributed by atoms with Crippen LogP contribution in [0.15, 0.2) is 59.7 Å². The normalized spacial score (nSPS) is 15.8. The molecule has 0 spiro atoms. The Morgan fingerprint density at radius 2 is 1.86 bits per heavy atom. The molecule has 2 aromatic heterocycles. The molecule has 1 aliphatic heterocycles.